The van der Waals surface area contributed by atoms with E-state index in [2.05, 4.69) is 0 Å². The smallest absolute Gasteiger partial charge is 0.0948 e. The van der Waals surface area contributed by atoms with Crippen LogP contribution >= 0.6 is 12.4 Å². The Hall–Kier alpha value is -1.59. The fourth-order valence-corrected chi connectivity index (χ4v) is 2.39. The summed E-state index contributed by atoms with van der Waals surface area (Å²) in [6.07, 6.45) is -0.604. The third-order valence-electron chi connectivity index (χ3n) is 3.62. The van der Waals surface area contributed by atoms with Crippen LogP contribution in [0.5, 0.6) is 0 Å². The van der Waals surface area contributed by atoms with Crippen molar-refractivity contribution in [2.45, 2.75) is 19.6 Å². The van der Waals surface area contributed by atoms with Crippen molar-refractivity contribution < 1.29 is 14.9 Å². The van der Waals surface area contributed by atoms with Gasteiger partial charge in [-0.2, -0.15) is 0 Å². The number of aliphatic hydroxyl groups excluding tert-OH is 2. The van der Waals surface area contributed by atoms with Crippen molar-refractivity contribution in [2.75, 3.05) is 31.2 Å². The first-order valence-corrected chi connectivity index (χ1v) is 7.91. The quantitative estimate of drug-likeness (QED) is 0.729. The van der Waals surface area contributed by atoms with Crippen molar-refractivity contribution in [3.05, 3.63) is 65.7 Å². The number of hydrogen-bond acceptors (Lipinski definition) is 4. The van der Waals surface area contributed by atoms with Gasteiger partial charge in [0.05, 0.1) is 25.9 Å². The van der Waals surface area contributed by atoms with Gasteiger partial charge in [-0.3, -0.25) is 0 Å². The molecule has 5 heteroatoms. The van der Waals surface area contributed by atoms with Gasteiger partial charge in [0.2, 0.25) is 0 Å². The van der Waals surface area contributed by atoms with E-state index in [9.17, 15) is 10.2 Å². The van der Waals surface area contributed by atoms with Crippen LogP contribution < -0.4 is 4.90 Å². The lowest BCUT2D eigenvalue weighted by molar-refractivity contribution is 0.0317. The molecule has 0 saturated heterocycles. The van der Waals surface area contributed by atoms with E-state index in [1.165, 1.54) is 5.56 Å². The number of halogens is 1. The predicted octanol–water partition coefficient (Wildman–Crippen LogP) is 2.79. The summed E-state index contributed by atoms with van der Waals surface area (Å²) in [5.41, 5.74) is 3.30. The topological polar surface area (TPSA) is 52.9 Å². The molecule has 0 saturated carbocycles. The maximum atomic E-state index is 10.2. The van der Waals surface area contributed by atoms with Gasteiger partial charge in [0, 0.05) is 18.8 Å². The van der Waals surface area contributed by atoms with E-state index in [4.69, 9.17) is 4.74 Å². The van der Waals surface area contributed by atoms with Crippen LogP contribution in [0, 0.1) is 6.92 Å². The molecule has 0 fully saturated rings. The lowest BCUT2D eigenvalue weighted by Gasteiger charge is -2.26. The lowest BCUT2D eigenvalue weighted by atomic mass is 10.2. The third kappa shape index (κ3) is 6.89. The van der Waals surface area contributed by atoms with Crippen molar-refractivity contribution in [3.8, 4) is 0 Å². The second-order valence-electron chi connectivity index (χ2n) is 5.66. The van der Waals surface area contributed by atoms with Gasteiger partial charge >= 0.3 is 0 Å². The van der Waals surface area contributed by atoms with Crippen LogP contribution in [0.25, 0.3) is 0 Å². The molecule has 2 aromatic rings. The number of rotatable bonds is 9. The van der Waals surface area contributed by atoms with Crippen molar-refractivity contribution in [1.82, 2.24) is 0 Å². The molecule has 0 aliphatic heterocycles. The minimum Gasteiger partial charge on any atom is -0.395 e. The molecule has 0 aliphatic rings. The molecule has 2 aromatic carbocycles. The SMILES string of the molecule is Cc1ccc(COCC(O)CN(CCO)c2ccccc2)cc1.Cl. The molecule has 1 atom stereocenters. The van der Waals surface area contributed by atoms with Gasteiger partial charge in [0.1, 0.15) is 0 Å². The molecule has 0 bridgehead atoms. The van der Waals surface area contributed by atoms with E-state index in [0.29, 0.717) is 19.7 Å². The number of aliphatic hydroxyl groups is 2. The minimum absolute atomic E-state index is 0. The van der Waals surface area contributed by atoms with E-state index in [1.54, 1.807) is 0 Å². The summed E-state index contributed by atoms with van der Waals surface area (Å²) in [6, 6.07) is 17.9. The molecule has 0 radical (unpaired) electrons. The zero-order chi connectivity index (χ0) is 16.5. The molecule has 132 valence electrons. The highest BCUT2D eigenvalue weighted by molar-refractivity contribution is 5.85. The normalized spacial score (nSPS) is 11.6. The molecule has 2 rings (SSSR count). The van der Waals surface area contributed by atoms with Gasteiger partial charge in [-0.15, -0.1) is 12.4 Å². The van der Waals surface area contributed by atoms with E-state index in [-0.39, 0.29) is 25.6 Å². The van der Waals surface area contributed by atoms with Crippen LogP contribution in [0.3, 0.4) is 0 Å². The lowest BCUT2D eigenvalue weighted by Crippen LogP contribution is -2.36. The minimum atomic E-state index is -0.604. The average molecular weight is 352 g/mol. The number of ether oxygens (including phenoxy) is 1. The second kappa shape index (κ2) is 11.0. The molecule has 0 spiro atoms. The van der Waals surface area contributed by atoms with Gasteiger partial charge in [0.25, 0.3) is 0 Å². The molecule has 0 amide bonds. The molecule has 4 nitrogen and oxygen atoms in total. The number of para-hydroxylation sites is 1. The summed E-state index contributed by atoms with van der Waals surface area (Å²) in [4.78, 5) is 1.96. The van der Waals surface area contributed by atoms with Crippen molar-refractivity contribution >= 4 is 18.1 Å². The van der Waals surface area contributed by atoms with Gasteiger partial charge in [0.15, 0.2) is 0 Å². The Morgan fingerprint density at radius 1 is 1.04 bits per heavy atom. The van der Waals surface area contributed by atoms with Crippen molar-refractivity contribution in [3.63, 3.8) is 0 Å². The monoisotopic (exact) mass is 351 g/mol. The predicted molar refractivity (Wildman–Crippen MR) is 99.8 cm³/mol. The fourth-order valence-electron chi connectivity index (χ4n) is 2.39. The molecule has 0 aliphatic carbocycles. The Labute approximate surface area is 150 Å². The Morgan fingerprint density at radius 3 is 2.33 bits per heavy atom. The highest BCUT2D eigenvalue weighted by Gasteiger charge is 2.12. The van der Waals surface area contributed by atoms with E-state index >= 15 is 0 Å². The summed E-state index contributed by atoms with van der Waals surface area (Å²) in [5, 5.41) is 19.4. The standard InChI is InChI=1S/C19H25NO3.ClH/c1-16-7-9-17(10-8-16)14-23-15-19(22)13-20(11-12-21)18-5-3-2-4-6-18;/h2-10,19,21-22H,11-15H2,1H3;1H. The van der Waals surface area contributed by atoms with Gasteiger partial charge in [-0.05, 0) is 24.6 Å². The largest absolute Gasteiger partial charge is 0.395 e. The van der Waals surface area contributed by atoms with Crippen molar-refractivity contribution in [1.29, 1.82) is 0 Å². The van der Waals surface area contributed by atoms with Crippen molar-refractivity contribution in [2.24, 2.45) is 0 Å². The van der Waals surface area contributed by atoms with Gasteiger partial charge in [-0.25, -0.2) is 0 Å². The first-order valence-electron chi connectivity index (χ1n) is 7.91. The molecule has 0 heterocycles. The Balaban J connectivity index is 0.00000288. The molecular formula is C19H26ClNO3. The fraction of sp³-hybridized carbons (Fsp3) is 0.368. The second-order valence-corrected chi connectivity index (χ2v) is 5.66. The van der Waals surface area contributed by atoms with Gasteiger partial charge in [-0.1, -0.05) is 48.0 Å². The summed E-state index contributed by atoms with van der Waals surface area (Å²) >= 11 is 0. The Bertz CT molecular complexity index is 563. The number of hydrogen-bond donors (Lipinski definition) is 2. The molecular weight excluding hydrogens is 326 g/mol. The van der Waals surface area contributed by atoms with Crippen LogP contribution in [0.4, 0.5) is 5.69 Å². The maximum absolute atomic E-state index is 10.2. The van der Waals surface area contributed by atoms with Gasteiger partial charge < -0.3 is 19.8 Å². The summed E-state index contributed by atoms with van der Waals surface area (Å²) in [7, 11) is 0. The first-order chi connectivity index (χ1) is 11.2. The van der Waals surface area contributed by atoms with Crippen LogP contribution in [0.1, 0.15) is 11.1 Å². The molecule has 2 N–H and O–H groups in total. The van der Waals surface area contributed by atoms with E-state index in [0.717, 1.165) is 11.3 Å². The molecule has 24 heavy (non-hydrogen) atoms. The number of nitrogens with zero attached hydrogens (tertiary/aromatic N) is 1. The summed E-state index contributed by atoms with van der Waals surface area (Å²) in [5.74, 6) is 0. The Kier molecular flexibility index (Phi) is 9.42. The highest BCUT2D eigenvalue weighted by Crippen LogP contribution is 2.13. The average Bonchev–Trinajstić information content (AvgIpc) is 2.57. The van der Waals surface area contributed by atoms with Crippen LogP contribution in [0.15, 0.2) is 54.6 Å². The first kappa shape index (κ1) is 20.5. The van der Waals surface area contributed by atoms with Crippen LogP contribution in [-0.4, -0.2) is 42.6 Å². The number of aryl methyl sites for hydroxylation is 1. The maximum Gasteiger partial charge on any atom is 0.0948 e. The zero-order valence-electron chi connectivity index (χ0n) is 14.0. The zero-order valence-corrected chi connectivity index (χ0v) is 14.8. The van der Waals surface area contributed by atoms with Crippen LogP contribution in [0.2, 0.25) is 0 Å². The van der Waals surface area contributed by atoms with E-state index < -0.39 is 6.10 Å². The van der Waals surface area contributed by atoms with E-state index in [1.807, 2.05) is 66.4 Å². The number of anilines is 1. The summed E-state index contributed by atoms with van der Waals surface area (Å²) < 4.78 is 5.60. The highest BCUT2D eigenvalue weighted by atomic mass is 35.5. The number of benzene rings is 2. The molecule has 1 unspecified atom stereocenters. The summed E-state index contributed by atoms with van der Waals surface area (Å²) in [6.45, 7) is 3.77. The molecule has 0 aromatic heterocycles. The van der Waals surface area contributed by atoms with Crippen LogP contribution in [-0.2, 0) is 11.3 Å². The Morgan fingerprint density at radius 2 is 1.71 bits per heavy atom. The third-order valence-corrected chi connectivity index (χ3v) is 3.62.